The minimum absolute atomic E-state index is 0.697. The first-order chi connectivity index (χ1) is 7.25. The molecule has 15 heavy (non-hydrogen) atoms. The van der Waals surface area contributed by atoms with Gasteiger partial charge in [-0.15, -0.1) is 0 Å². The molecular formula is C11H17N3S. The molecule has 0 radical (unpaired) electrons. The van der Waals surface area contributed by atoms with Gasteiger partial charge in [0.25, 0.3) is 0 Å². The van der Waals surface area contributed by atoms with Crippen LogP contribution in [0.2, 0.25) is 0 Å². The lowest BCUT2D eigenvalue weighted by molar-refractivity contribution is 0.787. The molecule has 3 N–H and O–H groups in total. The van der Waals surface area contributed by atoms with Crippen molar-refractivity contribution in [3.8, 4) is 0 Å². The highest BCUT2D eigenvalue weighted by molar-refractivity contribution is 7.10. The van der Waals surface area contributed by atoms with Crippen LogP contribution in [-0.2, 0) is 0 Å². The molecule has 1 aromatic rings. The molecule has 0 aromatic carbocycles. The Morgan fingerprint density at radius 3 is 2.87 bits per heavy atom. The first-order valence-corrected chi connectivity index (χ1v) is 6.52. The second-order valence-corrected chi connectivity index (χ2v) is 5.71. The van der Waals surface area contributed by atoms with Gasteiger partial charge in [0.2, 0.25) is 0 Å². The highest BCUT2D eigenvalue weighted by Crippen LogP contribution is 2.48. The van der Waals surface area contributed by atoms with Crippen LogP contribution in [0, 0.1) is 11.8 Å². The van der Waals surface area contributed by atoms with Gasteiger partial charge in [-0.3, -0.25) is 0 Å². The van der Waals surface area contributed by atoms with E-state index in [-0.39, 0.29) is 0 Å². The van der Waals surface area contributed by atoms with E-state index in [0.717, 1.165) is 24.2 Å². The maximum atomic E-state index is 5.89. The van der Waals surface area contributed by atoms with Gasteiger partial charge in [-0.1, -0.05) is 6.92 Å². The van der Waals surface area contributed by atoms with Crippen LogP contribution in [0.4, 0.5) is 10.8 Å². The van der Waals surface area contributed by atoms with Crippen molar-refractivity contribution >= 4 is 22.4 Å². The van der Waals surface area contributed by atoms with Gasteiger partial charge in [0.1, 0.15) is 10.8 Å². The molecule has 0 bridgehead atoms. The molecule has 0 amide bonds. The van der Waals surface area contributed by atoms with E-state index < -0.39 is 0 Å². The molecule has 4 heteroatoms. The molecule has 1 aromatic heterocycles. The summed E-state index contributed by atoms with van der Waals surface area (Å²) in [6, 6.07) is 0. The van der Waals surface area contributed by atoms with E-state index in [9.17, 15) is 0 Å². The molecule has 0 saturated heterocycles. The summed E-state index contributed by atoms with van der Waals surface area (Å²) in [6.45, 7) is 3.41. The normalized spacial score (nSPS) is 29.1. The van der Waals surface area contributed by atoms with E-state index in [0.29, 0.717) is 5.92 Å². The summed E-state index contributed by atoms with van der Waals surface area (Å²) in [7, 11) is 0. The molecule has 82 valence electrons. The van der Waals surface area contributed by atoms with Gasteiger partial charge in [-0.25, -0.2) is 0 Å². The smallest absolute Gasteiger partial charge is 0.142 e. The molecule has 2 atom stereocenters. The summed E-state index contributed by atoms with van der Waals surface area (Å²) in [6.07, 6.45) is 3.95. The highest BCUT2D eigenvalue weighted by Gasteiger charge is 2.34. The fraction of sp³-hybridized carbons (Fsp3) is 0.727. The van der Waals surface area contributed by atoms with Crippen molar-refractivity contribution in [3.05, 3.63) is 5.56 Å². The Kier molecular flexibility index (Phi) is 2.12. The Bertz CT molecular complexity index is 370. The summed E-state index contributed by atoms with van der Waals surface area (Å²) in [5, 5.41) is 4.75. The van der Waals surface area contributed by atoms with Gasteiger partial charge in [0, 0.05) is 12.1 Å². The number of nitrogens with two attached hydrogens (primary N) is 1. The summed E-state index contributed by atoms with van der Waals surface area (Å²) in [5.41, 5.74) is 7.19. The van der Waals surface area contributed by atoms with E-state index in [4.69, 9.17) is 5.73 Å². The number of nitrogen functional groups attached to an aromatic ring is 1. The zero-order chi connectivity index (χ0) is 10.4. The van der Waals surface area contributed by atoms with Crippen LogP contribution >= 0.6 is 11.5 Å². The lowest BCUT2D eigenvalue weighted by atomic mass is 10.2. The molecule has 2 unspecified atom stereocenters. The largest absolute Gasteiger partial charge is 0.383 e. The fourth-order valence-electron chi connectivity index (χ4n) is 2.11. The molecule has 2 saturated carbocycles. The standard InChI is InChI=1S/C11H17N3S/c1-6-4-8(6)5-13-11-9(7-2-3-7)10(12)14-15-11/h6-8,13H,2-5H2,1H3,(H2,12,14). The zero-order valence-corrected chi connectivity index (χ0v) is 9.81. The first kappa shape index (κ1) is 9.46. The lowest BCUT2D eigenvalue weighted by Gasteiger charge is -2.05. The number of hydrogen-bond donors (Lipinski definition) is 2. The van der Waals surface area contributed by atoms with E-state index in [1.54, 1.807) is 0 Å². The second kappa shape index (κ2) is 3.37. The van der Waals surface area contributed by atoms with E-state index >= 15 is 0 Å². The van der Waals surface area contributed by atoms with Crippen molar-refractivity contribution in [2.75, 3.05) is 17.6 Å². The van der Waals surface area contributed by atoms with Gasteiger partial charge in [0.05, 0.1) is 0 Å². The molecule has 0 aliphatic heterocycles. The van der Waals surface area contributed by atoms with Crippen LogP contribution in [0.15, 0.2) is 0 Å². The molecule has 2 aliphatic carbocycles. The molecule has 1 heterocycles. The molecule has 2 fully saturated rings. The van der Waals surface area contributed by atoms with Crippen LogP contribution < -0.4 is 11.1 Å². The van der Waals surface area contributed by atoms with Crippen LogP contribution in [0.25, 0.3) is 0 Å². The Hall–Kier alpha value is -0.770. The number of anilines is 2. The highest BCUT2D eigenvalue weighted by atomic mass is 32.1. The second-order valence-electron chi connectivity index (χ2n) is 4.94. The minimum atomic E-state index is 0.697. The first-order valence-electron chi connectivity index (χ1n) is 5.74. The summed E-state index contributed by atoms with van der Waals surface area (Å²) in [4.78, 5) is 0. The SMILES string of the molecule is CC1CC1CNc1snc(N)c1C1CC1. The average molecular weight is 223 g/mol. The molecule has 3 rings (SSSR count). The third-order valence-corrected chi connectivity index (χ3v) is 4.38. The topological polar surface area (TPSA) is 50.9 Å². The maximum Gasteiger partial charge on any atom is 0.142 e. The number of nitrogens with one attached hydrogen (secondary N) is 1. The summed E-state index contributed by atoms with van der Waals surface area (Å²) < 4.78 is 4.25. The molecule has 0 spiro atoms. The predicted molar refractivity (Wildman–Crippen MR) is 64.3 cm³/mol. The number of rotatable bonds is 4. The third-order valence-electron chi connectivity index (χ3n) is 3.54. The third kappa shape index (κ3) is 1.83. The van der Waals surface area contributed by atoms with Crippen molar-refractivity contribution in [2.24, 2.45) is 11.8 Å². The molecule has 2 aliphatic rings. The van der Waals surface area contributed by atoms with Crippen LogP contribution in [0.3, 0.4) is 0 Å². The monoisotopic (exact) mass is 223 g/mol. The van der Waals surface area contributed by atoms with Crippen LogP contribution in [0.5, 0.6) is 0 Å². The van der Waals surface area contributed by atoms with Crippen molar-refractivity contribution < 1.29 is 0 Å². The van der Waals surface area contributed by atoms with Crippen molar-refractivity contribution in [1.29, 1.82) is 0 Å². The predicted octanol–water partition coefficient (Wildman–Crippen LogP) is 2.67. The average Bonchev–Trinajstić information content (AvgIpc) is 3.10. The Labute approximate surface area is 94.2 Å². The van der Waals surface area contributed by atoms with Crippen LogP contribution in [-0.4, -0.2) is 10.9 Å². The summed E-state index contributed by atoms with van der Waals surface area (Å²) >= 11 is 1.53. The van der Waals surface area contributed by atoms with E-state index in [1.165, 1.54) is 41.4 Å². The zero-order valence-electron chi connectivity index (χ0n) is 8.99. The van der Waals surface area contributed by atoms with Gasteiger partial charge < -0.3 is 11.1 Å². The van der Waals surface area contributed by atoms with Crippen molar-refractivity contribution in [1.82, 2.24) is 4.37 Å². The van der Waals surface area contributed by atoms with Gasteiger partial charge in [-0.05, 0) is 48.5 Å². The minimum Gasteiger partial charge on any atom is -0.383 e. The van der Waals surface area contributed by atoms with Gasteiger partial charge in [-0.2, -0.15) is 4.37 Å². The van der Waals surface area contributed by atoms with E-state index in [1.807, 2.05) is 0 Å². The van der Waals surface area contributed by atoms with Crippen molar-refractivity contribution in [2.45, 2.75) is 32.1 Å². The maximum absolute atomic E-state index is 5.89. The Morgan fingerprint density at radius 2 is 2.27 bits per heavy atom. The van der Waals surface area contributed by atoms with Gasteiger partial charge >= 0.3 is 0 Å². The van der Waals surface area contributed by atoms with Gasteiger partial charge in [0.15, 0.2) is 0 Å². The number of aromatic nitrogens is 1. The summed E-state index contributed by atoms with van der Waals surface area (Å²) in [5.74, 6) is 3.24. The van der Waals surface area contributed by atoms with Crippen LogP contribution in [0.1, 0.15) is 37.7 Å². The number of hydrogen-bond acceptors (Lipinski definition) is 4. The molecule has 3 nitrogen and oxygen atoms in total. The quantitative estimate of drug-likeness (QED) is 0.825. The molecular weight excluding hydrogens is 206 g/mol. The Balaban J connectivity index is 1.68. The van der Waals surface area contributed by atoms with E-state index in [2.05, 4.69) is 16.6 Å². The van der Waals surface area contributed by atoms with Crippen molar-refractivity contribution in [3.63, 3.8) is 0 Å². The fourth-order valence-corrected chi connectivity index (χ4v) is 2.92. The number of nitrogens with zero attached hydrogens (tertiary/aromatic N) is 1. The lowest BCUT2D eigenvalue weighted by Crippen LogP contribution is -2.04. The Morgan fingerprint density at radius 1 is 1.53 bits per heavy atom.